The number of fused-ring (bicyclic) bond motifs is 1. The molecule has 0 saturated carbocycles. The monoisotopic (exact) mass is 395 g/mol. The molecule has 0 fully saturated rings. The molecular formula is C22H25N3O4. The molecule has 2 aromatic carbocycles. The van der Waals surface area contributed by atoms with Gasteiger partial charge >= 0.3 is 0 Å². The second-order valence-corrected chi connectivity index (χ2v) is 6.54. The van der Waals surface area contributed by atoms with E-state index >= 15 is 0 Å². The second-order valence-electron chi connectivity index (χ2n) is 6.54. The number of nitrogens with zero attached hydrogens (tertiary/aromatic N) is 2. The standard InChI is InChI=1S/C22H25N3O4/c1-4-28-16-9-10-19(29-5-2)18(13-16)24-20(26)11-12-25-14-23-21-15(3)7-6-8-17(21)22(25)27/h6-10,13-14H,4-5,11-12H2,1-3H3,(H,24,26). The van der Waals surface area contributed by atoms with Crippen LogP contribution in [-0.4, -0.2) is 28.7 Å². The van der Waals surface area contributed by atoms with E-state index in [0.29, 0.717) is 41.3 Å². The van der Waals surface area contributed by atoms with Crippen molar-refractivity contribution in [3.8, 4) is 11.5 Å². The molecule has 0 aliphatic rings. The summed E-state index contributed by atoms with van der Waals surface area (Å²) in [6.07, 6.45) is 1.62. The lowest BCUT2D eigenvalue weighted by atomic mass is 10.1. The van der Waals surface area contributed by atoms with Gasteiger partial charge in [-0.15, -0.1) is 0 Å². The van der Waals surface area contributed by atoms with Crippen LogP contribution in [0.25, 0.3) is 10.9 Å². The predicted molar refractivity (Wildman–Crippen MR) is 113 cm³/mol. The van der Waals surface area contributed by atoms with Gasteiger partial charge in [0.15, 0.2) is 0 Å². The molecule has 3 aromatic rings. The van der Waals surface area contributed by atoms with Gasteiger partial charge in [-0.25, -0.2) is 4.98 Å². The summed E-state index contributed by atoms with van der Waals surface area (Å²) in [7, 11) is 0. The van der Waals surface area contributed by atoms with Gasteiger partial charge < -0.3 is 14.8 Å². The number of aromatic nitrogens is 2. The van der Waals surface area contributed by atoms with E-state index in [0.717, 1.165) is 5.56 Å². The quantitative estimate of drug-likeness (QED) is 0.631. The number of benzene rings is 2. The fraction of sp³-hybridized carbons (Fsp3) is 0.318. The number of hydrogen-bond acceptors (Lipinski definition) is 5. The second kappa shape index (κ2) is 9.23. The fourth-order valence-corrected chi connectivity index (χ4v) is 3.08. The van der Waals surface area contributed by atoms with Crippen molar-refractivity contribution in [3.05, 3.63) is 58.6 Å². The Hall–Kier alpha value is -3.35. The van der Waals surface area contributed by atoms with E-state index in [2.05, 4.69) is 10.3 Å². The van der Waals surface area contributed by atoms with Crippen molar-refractivity contribution in [1.29, 1.82) is 0 Å². The van der Waals surface area contributed by atoms with Crippen molar-refractivity contribution >= 4 is 22.5 Å². The first-order chi connectivity index (χ1) is 14.0. The molecule has 152 valence electrons. The highest BCUT2D eigenvalue weighted by Crippen LogP contribution is 2.29. The predicted octanol–water partition coefficient (Wildman–Crippen LogP) is 3.53. The topological polar surface area (TPSA) is 82.4 Å². The van der Waals surface area contributed by atoms with Gasteiger partial charge in [0.05, 0.1) is 36.1 Å². The maximum Gasteiger partial charge on any atom is 0.261 e. The van der Waals surface area contributed by atoms with Crippen molar-refractivity contribution < 1.29 is 14.3 Å². The van der Waals surface area contributed by atoms with Gasteiger partial charge in [-0.2, -0.15) is 0 Å². The average Bonchev–Trinajstić information content (AvgIpc) is 2.70. The number of para-hydroxylation sites is 1. The molecular weight excluding hydrogens is 370 g/mol. The summed E-state index contributed by atoms with van der Waals surface area (Å²) in [6.45, 7) is 6.93. The van der Waals surface area contributed by atoms with E-state index in [4.69, 9.17) is 9.47 Å². The number of ether oxygens (including phenoxy) is 2. The number of amides is 1. The maximum absolute atomic E-state index is 12.7. The van der Waals surface area contributed by atoms with Gasteiger partial charge in [-0.05, 0) is 44.5 Å². The highest BCUT2D eigenvalue weighted by molar-refractivity contribution is 5.92. The molecule has 29 heavy (non-hydrogen) atoms. The van der Waals surface area contributed by atoms with Gasteiger partial charge in [-0.3, -0.25) is 14.2 Å². The Morgan fingerprint density at radius 2 is 1.93 bits per heavy atom. The zero-order chi connectivity index (χ0) is 20.8. The zero-order valence-corrected chi connectivity index (χ0v) is 16.9. The summed E-state index contributed by atoms with van der Waals surface area (Å²) in [5, 5.41) is 3.40. The third-order valence-electron chi connectivity index (χ3n) is 4.47. The zero-order valence-electron chi connectivity index (χ0n) is 16.9. The van der Waals surface area contributed by atoms with Crippen LogP contribution in [0.5, 0.6) is 11.5 Å². The maximum atomic E-state index is 12.7. The van der Waals surface area contributed by atoms with E-state index in [1.54, 1.807) is 24.3 Å². The number of rotatable bonds is 8. The van der Waals surface area contributed by atoms with Crippen LogP contribution >= 0.6 is 0 Å². The largest absolute Gasteiger partial charge is 0.494 e. The van der Waals surface area contributed by atoms with Crippen molar-refractivity contribution in [2.24, 2.45) is 0 Å². The number of carbonyl (C=O) groups excluding carboxylic acids is 1. The Kier molecular flexibility index (Phi) is 6.49. The summed E-state index contributed by atoms with van der Waals surface area (Å²) >= 11 is 0. The Morgan fingerprint density at radius 1 is 1.14 bits per heavy atom. The number of carbonyl (C=O) groups is 1. The summed E-state index contributed by atoms with van der Waals surface area (Å²) in [5.41, 5.74) is 2.02. The lowest BCUT2D eigenvalue weighted by Crippen LogP contribution is -2.24. The van der Waals surface area contributed by atoms with Gasteiger partial charge in [-0.1, -0.05) is 12.1 Å². The van der Waals surface area contributed by atoms with E-state index in [1.165, 1.54) is 10.9 Å². The molecule has 0 spiro atoms. The van der Waals surface area contributed by atoms with Crippen LogP contribution in [0, 0.1) is 6.92 Å². The number of anilines is 1. The molecule has 0 radical (unpaired) electrons. The van der Waals surface area contributed by atoms with Gasteiger partial charge in [0.1, 0.15) is 11.5 Å². The molecule has 0 saturated heterocycles. The fourth-order valence-electron chi connectivity index (χ4n) is 3.08. The summed E-state index contributed by atoms with van der Waals surface area (Å²) in [4.78, 5) is 29.5. The van der Waals surface area contributed by atoms with Crippen molar-refractivity contribution in [1.82, 2.24) is 9.55 Å². The molecule has 0 bridgehead atoms. The molecule has 1 amide bonds. The number of hydrogen-bond donors (Lipinski definition) is 1. The first-order valence-corrected chi connectivity index (χ1v) is 9.67. The Labute approximate surface area is 169 Å². The lowest BCUT2D eigenvalue weighted by molar-refractivity contribution is -0.116. The lowest BCUT2D eigenvalue weighted by Gasteiger charge is -2.14. The highest BCUT2D eigenvalue weighted by Gasteiger charge is 2.11. The van der Waals surface area contributed by atoms with Crippen LogP contribution in [0.2, 0.25) is 0 Å². The highest BCUT2D eigenvalue weighted by atomic mass is 16.5. The van der Waals surface area contributed by atoms with Crippen molar-refractivity contribution in [3.63, 3.8) is 0 Å². The molecule has 1 aromatic heterocycles. The first kappa shape index (κ1) is 20.4. The Balaban J connectivity index is 1.73. The molecule has 1 heterocycles. The van der Waals surface area contributed by atoms with Crippen LogP contribution in [0.4, 0.5) is 5.69 Å². The van der Waals surface area contributed by atoms with Crippen LogP contribution in [0.1, 0.15) is 25.8 Å². The minimum absolute atomic E-state index is 0.128. The molecule has 1 N–H and O–H groups in total. The van der Waals surface area contributed by atoms with Gasteiger partial charge in [0.2, 0.25) is 5.91 Å². The molecule has 3 rings (SSSR count). The van der Waals surface area contributed by atoms with Gasteiger partial charge in [0, 0.05) is 19.0 Å². The SMILES string of the molecule is CCOc1ccc(OCC)c(NC(=O)CCn2cnc3c(C)cccc3c2=O)c1. The minimum atomic E-state index is -0.226. The number of nitrogens with one attached hydrogen (secondary N) is 1. The Bertz CT molecular complexity index is 1080. The van der Waals surface area contributed by atoms with Crippen LogP contribution < -0.4 is 20.3 Å². The van der Waals surface area contributed by atoms with E-state index in [-0.39, 0.29) is 24.4 Å². The molecule has 0 unspecified atom stereocenters. The number of aryl methyl sites for hydroxylation is 2. The molecule has 0 atom stereocenters. The third kappa shape index (κ3) is 4.74. The van der Waals surface area contributed by atoms with Crippen molar-refractivity contribution in [2.45, 2.75) is 33.7 Å². The summed E-state index contributed by atoms with van der Waals surface area (Å²) in [6, 6.07) is 10.8. The molecule has 0 aliphatic carbocycles. The first-order valence-electron chi connectivity index (χ1n) is 9.67. The van der Waals surface area contributed by atoms with E-state index < -0.39 is 0 Å². The van der Waals surface area contributed by atoms with Crippen LogP contribution in [-0.2, 0) is 11.3 Å². The molecule has 0 aliphatic heterocycles. The van der Waals surface area contributed by atoms with Crippen molar-refractivity contribution in [2.75, 3.05) is 18.5 Å². The normalized spacial score (nSPS) is 10.7. The van der Waals surface area contributed by atoms with Gasteiger partial charge in [0.25, 0.3) is 5.56 Å². The minimum Gasteiger partial charge on any atom is -0.494 e. The summed E-state index contributed by atoms with van der Waals surface area (Å²) in [5.74, 6) is 0.997. The van der Waals surface area contributed by atoms with E-state index in [9.17, 15) is 9.59 Å². The molecule has 7 nitrogen and oxygen atoms in total. The summed E-state index contributed by atoms with van der Waals surface area (Å²) < 4.78 is 12.5. The van der Waals surface area contributed by atoms with Crippen LogP contribution in [0.3, 0.4) is 0 Å². The smallest absolute Gasteiger partial charge is 0.261 e. The van der Waals surface area contributed by atoms with Crippen LogP contribution in [0.15, 0.2) is 47.5 Å². The Morgan fingerprint density at radius 3 is 2.69 bits per heavy atom. The average molecular weight is 395 g/mol. The molecule has 7 heteroatoms. The van der Waals surface area contributed by atoms with E-state index in [1.807, 2.05) is 32.9 Å². The third-order valence-corrected chi connectivity index (χ3v) is 4.47.